The molecular weight excluding hydrogens is 262 g/mol. The Labute approximate surface area is 118 Å². The van der Waals surface area contributed by atoms with Crippen LogP contribution in [0.1, 0.15) is 30.9 Å². The second-order valence-corrected chi connectivity index (χ2v) is 10.2. The van der Waals surface area contributed by atoms with Gasteiger partial charge in [0, 0.05) is 6.04 Å². The van der Waals surface area contributed by atoms with Gasteiger partial charge in [-0.15, -0.1) is 12.4 Å². The van der Waals surface area contributed by atoms with Gasteiger partial charge < -0.3 is 9.74 Å². The van der Waals surface area contributed by atoms with E-state index in [4.69, 9.17) is 4.43 Å². The third kappa shape index (κ3) is 4.63. The largest absolute Gasteiger partial charge is 0.544 e. The normalized spacial score (nSPS) is 20.1. The molecule has 102 valence electrons. The van der Waals surface area contributed by atoms with Crippen LogP contribution in [-0.2, 0) is 0 Å². The van der Waals surface area contributed by atoms with Crippen LogP contribution in [0.2, 0.25) is 19.6 Å². The molecule has 0 aliphatic carbocycles. The van der Waals surface area contributed by atoms with Gasteiger partial charge >= 0.3 is 0 Å². The third-order valence-electron chi connectivity index (χ3n) is 3.02. The van der Waals surface area contributed by atoms with Crippen molar-refractivity contribution in [2.45, 2.75) is 44.9 Å². The van der Waals surface area contributed by atoms with Crippen LogP contribution in [0.25, 0.3) is 0 Å². The lowest BCUT2D eigenvalue weighted by molar-refractivity contribution is 0.412. The van der Waals surface area contributed by atoms with Crippen molar-refractivity contribution in [3.63, 3.8) is 0 Å². The average Bonchev–Trinajstić information content (AvgIpc) is 2.29. The molecule has 0 spiro atoms. The minimum atomic E-state index is -1.47. The summed E-state index contributed by atoms with van der Waals surface area (Å²) in [5.74, 6) is 1.02. The summed E-state index contributed by atoms with van der Waals surface area (Å²) in [6.07, 6.45) is 3.91. The number of nitrogens with one attached hydrogen (secondary N) is 1. The van der Waals surface area contributed by atoms with E-state index >= 15 is 0 Å². The highest BCUT2D eigenvalue weighted by Crippen LogP contribution is 2.25. The Balaban J connectivity index is 0.00000162. The zero-order chi connectivity index (χ0) is 12.3. The second-order valence-electron chi connectivity index (χ2n) is 5.79. The quantitative estimate of drug-likeness (QED) is 0.843. The molecule has 0 radical (unpaired) electrons. The lowest BCUT2D eigenvalue weighted by Crippen LogP contribution is -2.29. The van der Waals surface area contributed by atoms with E-state index in [1.54, 1.807) is 0 Å². The first kappa shape index (κ1) is 15.5. The number of piperidine rings is 1. The van der Waals surface area contributed by atoms with Crippen LogP contribution in [-0.4, -0.2) is 14.9 Å². The van der Waals surface area contributed by atoms with Gasteiger partial charge in [-0.1, -0.05) is 18.6 Å². The maximum absolute atomic E-state index is 5.96. The number of halogens is 1. The monoisotopic (exact) mass is 285 g/mol. The molecule has 1 saturated heterocycles. The van der Waals surface area contributed by atoms with Gasteiger partial charge in [0.05, 0.1) is 0 Å². The SMILES string of the molecule is C[Si](C)(C)Oc1ccc([C@@H]2CCCCN2)cc1.Cl. The molecule has 2 rings (SSSR count). The third-order valence-corrected chi connectivity index (χ3v) is 3.86. The first-order valence-corrected chi connectivity index (χ1v) is 9.98. The number of hydrogen-bond donors (Lipinski definition) is 1. The van der Waals surface area contributed by atoms with E-state index in [1.165, 1.54) is 24.8 Å². The van der Waals surface area contributed by atoms with Crippen molar-refractivity contribution in [2.75, 3.05) is 6.54 Å². The van der Waals surface area contributed by atoms with Crippen molar-refractivity contribution in [1.82, 2.24) is 5.32 Å². The highest BCUT2D eigenvalue weighted by molar-refractivity contribution is 6.70. The molecule has 1 aromatic rings. The van der Waals surface area contributed by atoms with Gasteiger partial charge in [0.2, 0.25) is 8.32 Å². The predicted octanol–water partition coefficient (Wildman–Crippen LogP) is 4.14. The summed E-state index contributed by atoms with van der Waals surface area (Å²) in [5, 5.41) is 3.57. The van der Waals surface area contributed by atoms with Crippen LogP contribution in [0.15, 0.2) is 24.3 Å². The van der Waals surface area contributed by atoms with Crippen LogP contribution in [0.5, 0.6) is 5.75 Å². The van der Waals surface area contributed by atoms with Crippen LogP contribution >= 0.6 is 12.4 Å². The number of hydrogen-bond acceptors (Lipinski definition) is 2. The summed E-state index contributed by atoms with van der Waals surface area (Å²) >= 11 is 0. The van der Waals surface area contributed by atoms with E-state index in [2.05, 4.69) is 49.2 Å². The minimum Gasteiger partial charge on any atom is -0.544 e. The Morgan fingerprint density at radius 2 is 1.78 bits per heavy atom. The van der Waals surface area contributed by atoms with Gasteiger partial charge in [0.15, 0.2) is 0 Å². The molecule has 0 saturated carbocycles. The zero-order valence-electron chi connectivity index (χ0n) is 11.5. The Morgan fingerprint density at radius 3 is 2.28 bits per heavy atom. The van der Waals surface area contributed by atoms with E-state index in [-0.39, 0.29) is 12.4 Å². The predicted molar refractivity (Wildman–Crippen MR) is 82.3 cm³/mol. The Kier molecular flexibility index (Phi) is 5.69. The van der Waals surface area contributed by atoms with E-state index < -0.39 is 8.32 Å². The Hall–Kier alpha value is -0.513. The molecule has 0 amide bonds. The van der Waals surface area contributed by atoms with Crippen molar-refractivity contribution >= 4 is 20.7 Å². The molecule has 0 aromatic heterocycles. The second kappa shape index (κ2) is 6.59. The molecule has 1 aromatic carbocycles. The summed E-state index contributed by atoms with van der Waals surface area (Å²) in [4.78, 5) is 0. The minimum absolute atomic E-state index is 0. The molecule has 1 aliphatic rings. The maximum atomic E-state index is 5.96. The molecule has 18 heavy (non-hydrogen) atoms. The smallest absolute Gasteiger partial charge is 0.242 e. The molecule has 1 fully saturated rings. The molecule has 2 nitrogen and oxygen atoms in total. The van der Waals surface area contributed by atoms with E-state index in [1.807, 2.05) is 0 Å². The van der Waals surface area contributed by atoms with E-state index in [9.17, 15) is 0 Å². The Morgan fingerprint density at radius 1 is 1.11 bits per heavy atom. The highest BCUT2D eigenvalue weighted by atomic mass is 35.5. The first-order valence-electron chi connectivity index (χ1n) is 6.57. The van der Waals surface area contributed by atoms with Gasteiger partial charge in [0.1, 0.15) is 5.75 Å². The number of rotatable bonds is 3. The summed E-state index contributed by atoms with van der Waals surface area (Å²) < 4.78 is 5.96. The van der Waals surface area contributed by atoms with Crippen LogP contribution in [0.4, 0.5) is 0 Å². The fraction of sp³-hybridized carbons (Fsp3) is 0.571. The molecule has 1 aliphatic heterocycles. The fourth-order valence-corrected chi connectivity index (χ4v) is 3.10. The summed E-state index contributed by atoms with van der Waals surface area (Å²) in [5.41, 5.74) is 1.40. The molecule has 1 heterocycles. The van der Waals surface area contributed by atoms with Crippen molar-refractivity contribution < 1.29 is 4.43 Å². The summed E-state index contributed by atoms with van der Waals surface area (Å²) in [6, 6.07) is 9.19. The molecule has 0 unspecified atom stereocenters. The summed E-state index contributed by atoms with van der Waals surface area (Å²) in [6.45, 7) is 7.79. The molecule has 1 N–H and O–H groups in total. The lowest BCUT2D eigenvalue weighted by atomic mass is 9.98. The molecular formula is C14H24ClNOSi. The first-order chi connectivity index (χ1) is 8.04. The standard InChI is InChI=1S/C14H23NOSi.ClH/c1-17(2,3)16-13-9-7-12(8-10-13)14-6-4-5-11-15-14;/h7-10,14-15H,4-6,11H2,1-3H3;1H/t14-;/m0./s1. The zero-order valence-corrected chi connectivity index (χ0v) is 13.3. The average molecular weight is 286 g/mol. The van der Waals surface area contributed by atoms with Gasteiger partial charge in [-0.05, 0) is 56.7 Å². The van der Waals surface area contributed by atoms with Crippen LogP contribution < -0.4 is 9.74 Å². The van der Waals surface area contributed by atoms with Crippen molar-refractivity contribution in [2.24, 2.45) is 0 Å². The maximum Gasteiger partial charge on any atom is 0.242 e. The summed E-state index contributed by atoms with van der Waals surface area (Å²) in [7, 11) is -1.47. The van der Waals surface area contributed by atoms with Crippen molar-refractivity contribution in [1.29, 1.82) is 0 Å². The lowest BCUT2D eigenvalue weighted by Gasteiger charge is -2.24. The number of benzene rings is 1. The van der Waals surface area contributed by atoms with Gasteiger partial charge in [0.25, 0.3) is 0 Å². The topological polar surface area (TPSA) is 21.3 Å². The van der Waals surface area contributed by atoms with Crippen LogP contribution in [0, 0.1) is 0 Å². The van der Waals surface area contributed by atoms with E-state index in [0.29, 0.717) is 6.04 Å². The van der Waals surface area contributed by atoms with Crippen LogP contribution in [0.3, 0.4) is 0 Å². The van der Waals surface area contributed by atoms with Crippen molar-refractivity contribution in [3.8, 4) is 5.75 Å². The van der Waals surface area contributed by atoms with Gasteiger partial charge in [-0.3, -0.25) is 0 Å². The fourth-order valence-electron chi connectivity index (χ4n) is 2.26. The highest BCUT2D eigenvalue weighted by Gasteiger charge is 2.17. The molecule has 0 bridgehead atoms. The Bertz CT molecular complexity index is 355. The molecule has 1 atom stereocenters. The van der Waals surface area contributed by atoms with Gasteiger partial charge in [-0.2, -0.15) is 0 Å². The van der Waals surface area contributed by atoms with E-state index in [0.717, 1.165) is 12.3 Å². The van der Waals surface area contributed by atoms with Crippen molar-refractivity contribution in [3.05, 3.63) is 29.8 Å². The molecule has 4 heteroatoms. The van der Waals surface area contributed by atoms with Gasteiger partial charge in [-0.25, -0.2) is 0 Å².